The molecule has 1 fully saturated rings. The van der Waals surface area contributed by atoms with Gasteiger partial charge in [-0.3, -0.25) is 9.88 Å². The summed E-state index contributed by atoms with van der Waals surface area (Å²) in [6.07, 6.45) is 8.21. The van der Waals surface area contributed by atoms with Crippen LogP contribution < -0.4 is 5.32 Å². The molecule has 1 aromatic rings. The van der Waals surface area contributed by atoms with Crippen molar-refractivity contribution in [2.75, 3.05) is 19.6 Å². The summed E-state index contributed by atoms with van der Waals surface area (Å²) in [5.41, 5.74) is 1.27. The summed E-state index contributed by atoms with van der Waals surface area (Å²) in [6, 6.07) is 5.15. The summed E-state index contributed by atoms with van der Waals surface area (Å²) in [7, 11) is 0. The first kappa shape index (κ1) is 13.2. The molecule has 1 aromatic heterocycles. The summed E-state index contributed by atoms with van der Waals surface area (Å²) in [4.78, 5) is 6.63. The second kappa shape index (κ2) is 6.66. The summed E-state index contributed by atoms with van der Waals surface area (Å²) >= 11 is 0. The second-order valence-electron chi connectivity index (χ2n) is 5.04. The lowest BCUT2D eigenvalue weighted by molar-refractivity contribution is 0.208. The first-order chi connectivity index (χ1) is 8.79. The van der Waals surface area contributed by atoms with Crippen molar-refractivity contribution in [1.29, 1.82) is 0 Å². The molecule has 1 atom stereocenters. The van der Waals surface area contributed by atoms with Crippen molar-refractivity contribution in [3.63, 3.8) is 0 Å². The van der Waals surface area contributed by atoms with Gasteiger partial charge in [0, 0.05) is 31.0 Å². The Hall–Kier alpha value is -1.19. The molecule has 1 unspecified atom stereocenters. The van der Waals surface area contributed by atoms with Crippen LogP contribution in [0.5, 0.6) is 0 Å². The van der Waals surface area contributed by atoms with Crippen LogP contribution in [0.25, 0.3) is 0 Å². The topological polar surface area (TPSA) is 28.2 Å². The number of rotatable bonds is 5. The molecule has 1 saturated heterocycles. The third-order valence-electron chi connectivity index (χ3n) is 3.64. The van der Waals surface area contributed by atoms with Crippen molar-refractivity contribution in [1.82, 2.24) is 15.2 Å². The molecule has 0 saturated carbocycles. The van der Waals surface area contributed by atoms with Crippen LogP contribution in [0.1, 0.15) is 31.4 Å². The number of nitrogens with one attached hydrogen (secondary N) is 1. The molecule has 2 rings (SSSR count). The molecule has 0 aromatic carbocycles. The van der Waals surface area contributed by atoms with E-state index in [0.717, 1.165) is 6.54 Å². The molecule has 0 aliphatic carbocycles. The third kappa shape index (κ3) is 3.65. The largest absolute Gasteiger partial charge is 0.307 e. The maximum absolute atomic E-state index is 4.18. The minimum absolute atomic E-state index is 0.384. The molecule has 0 amide bonds. The zero-order chi connectivity index (χ0) is 12.8. The Bertz CT molecular complexity index is 355. The predicted octanol–water partition coefficient (Wildman–Crippen LogP) is 2.38. The smallest absolute Gasteiger partial charge is 0.0315 e. The Balaban J connectivity index is 1.79. The highest BCUT2D eigenvalue weighted by atomic mass is 15.1. The van der Waals surface area contributed by atoms with Crippen molar-refractivity contribution < 1.29 is 0 Å². The molecule has 0 radical (unpaired) electrons. The average Bonchev–Trinajstić information content (AvgIpc) is 2.42. The van der Waals surface area contributed by atoms with Gasteiger partial charge in [-0.2, -0.15) is 0 Å². The van der Waals surface area contributed by atoms with Gasteiger partial charge in [0.2, 0.25) is 0 Å². The van der Waals surface area contributed by atoms with Gasteiger partial charge in [0.1, 0.15) is 0 Å². The van der Waals surface area contributed by atoms with Gasteiger partial charge in [0.05, 0.1) is 0 Å². The van der Waals surface area contributed by atoms with E-state index in [9.17, 15) is 0 Å². The van der Waals surface area contributed by atoms with Gasteiger partial charge in [-0.15, -0.1) is 6.58 Å². The van der Waals surface area contributed by atoms with Gasteiger partial charge in [0.15, 0.2) is 0 Å². The highest BCUT2D eigenvalue weighted by molar-refractivity contribution is 5.13. The van der Waals surface area contributed by atoms with E-state index >= 15 is 0 Å². The summed E-state index contributed by atoms with van der Waals surface area (Å²) in [5, 5.41) is 3.71. The van der Waals surface area contributed by atoms with E-state index in [0.29, 0.717) is 12.1 Å². The zero-order valence-electron chi connectivity index (χ0n) is 11.2. The SMILES string of the molecule is C=CCN1CCC(NC(C)c2cccnc2)CC1. The van der Waals surface area contributed by atoms with E-state index in [1.165, 1.54) is 31.5 Å². The number of aromatic nitrogens is 1. The molecule has 1 aliphatic rings. The number of pyridine rings is 1. The van der Waals surface area contributed by atoms with Crippen molar-refractivity contribution in [3.8, 4) is 0 Å². The predicted molar refractivity (Wildman–Crippen MR) is 75.4 cm³/mol. The van der Waals surface area contributed by atoms with Crippen LogP contribution >= 0.6 is 0 Å². The first-order valence-electron chi connectivity index (χ1n) is 6.79. The molecule has 0 spiro atoms. The Labute approximate surface area is 110 Å². The minimum atomic E-state index is 0.384. The fourth-order valence-corrected chi connectivity index (χ4v) is 2.55. The van der Waals surface area contributed by atoms with E-state index in [-0.39, 0.29) is 0 Å². The number of hydrogen-bond donors (Lipinski definition) is 1. The van der Waals surface area contributed by atoms with Crippen LogP contribution in [0.4, 0.5) is 0 Å². The van der Waals surface area contributed by atoms with Crippen LogP contribution in [-0.4, -0.2) is 35.6 Å². The van der Waals surface area contributed by atoms with Crippen LogP contribution in [0.15, 0.2) is 37.2 Å². The van der Waals surface area contributed by atoms with Crippen molar-refractivity contribution in [3.05, 3.63) is 42.7 Å². The van der Waals surface area contributed by atoms with Gasteiger partial charge in [0.25, 0.3) is 0 Å². The number of hydrogen-bond acceptors (Lipinski definition) is 3. The van der Waals surface area contributed by atoms with Crippen LogP contribution in [0, 0.1) is 0 Å². The number of nitrogens with zero attached hydrogens (tertiary/aromatic N) is 2. The van der Waals surface area contributed by atoms with Gasteiger partial charge in [-0.05, 0) is 44.5 Å². The fourth-order valence-electron chi connectivity index (χ4n) is 2.55. The van der Waals surface area contributed by atoms with Crippen LogP contribution in [-0.2, 0) is 0 Å². The summed E-state index contributed by atoms with van der Waals surface area (Å²) in [5.74, 6) is 0. The van der Waals surface area contributed by atoms with E-state index in [1.54, 1.807) is 0 Å². The maximum Gasteiger partial charge on any atom is 0.0315 e. The maximum atomic E-state index is 4.18. The molecule has 1 aliphatic heterocycles. The van der Waals surface area contributed by atoms with Gasteiger partial charge in [-0.1, -0.05) is 12.1 Å². The highest BCUT2D eigenvalue weighted by Crippen LogP contribution is 2.16. The lowest BCUT2D eigenvalue weighted by Gasteiger charge is -2.33. The molecular formula is C15H23N3. The lowest BCUT2D eigenvalue weighted by Crippen LogP contribution is -2.43. The summed E-state index contributed by atoms with van der Waals surface area (Å²) < 4.78 is 0. The summed E-state index contributed by atoms with van der Waals surface area (Å²) in [6.45, 7) is 9.37. The number of likely N-dealkylation sites (tertiary alicyclic amines) is 1. The quantitative estimate of drug-likeness (QED) is 0.807. The molecule has 18 heavy (non-hydrogen) atoms. The molecular weight excluding hydrogens is 222 g/mol. The molecule has 98 valence electrons. The van der Waals surface area contributed by atoms with E-state index in [2.05, 4.69) is 34.8 Å². The van der Waals surface area contributed by atoms with Gasteiger partial charge < -0.3 is 5.32 Å². The van der Waals surface area contributed by atoms with Crippen molar-refractivity contribution >= 4 is 0 Å². The van der Waals surface area contributed by atoms with Crippen LogP contribution in [0.2, 0.25) is 0 Å². The number of piperidine rings is 1. The highest BCUT2D eigenvalue weighted by Gasteiger charge is 2.19. The Morgan fingerprint density at radius 3 is 2.94 bits per heavy atom. The third-order valence-corrected chi connectivity index (χ3v) is 3.64. The van der Waals surface area contributed by atoms with E-state index < -0.39 is 0 Å². The first-order valence-corrected chi connectivity index (χ1v) is 6.79. The normalized spacial score (nSPS) is 19.6. The zero-order valence-corrected chi connectivity index (χ0v) is 11.2. The molecule has 2 heterocycles. The van der Waals surface area contributed by atoms with E-state index in [4.69, 9.17) is 0 Å². The van der Waals surface area contributed by atoms with Crippen molar-refractivity contribution in [2.45, 2.75) is 31.8 Å². The molecule has 3 heteroatoms. The Kier molecular flexibility index (Phi) is 4.90. The second-order valence-corrected chi connectivity index (χ2v) is 5.04. The minimum Gasteiger partial charge on any atom is -0.307 e. The van der Waals surface area contributed by atoms with Gasteiger partial charge >= 0.3 is 0 Å². The Morgan fingerprint density at radius 1 is 1.56 bits per heavy atom. The molecule has 1 N–H and O–H groups in total. The van der Waals surface area contributed by atoms with Gasteiger partial charge in [-0.25, -0.2) is 0 Å². The monoisotopic (exact) mass is 245 g/mol. The standard InChI is InChI=1S/C15H23N3/c1-3-9-18-10-6-15(7-11-18)17-13(2)14-5-4-8-16-12-14/h3-5,8,12-13,15,17H,1,6-7,9-11H2,2H3. The molecule has 3 nitrogen and oxygen atoms in total. The Morgan fingerprint density at radius 2 is 2.33 bits per heavy atom. The van der Waals surface area contributed by atoms with Crippen molar-refractivity contribution in [2.24, 2.45) is 0 Å². The average molecular weight is 245 g/mol. The van der Waals surface area contributed by atoms with E-state index in [1.807, 2.05) is 24.5 Å². The fraction of sp³-hybridized carbons (Fsp3) is 0.533. The lowest BCUT2D eigenvalue weighted by atomic mass is 10.0. The van der Waals surface area contributed by atoms with Crippen LogP contribution in [0.3, 0.4) is 0 Å². The molecule has 0 bridgehead atoms.